The highest BCUT2D eigenvalue weighted by Gasteiger charge is 2.21. The number of hydrogen-bond donors (Lipinski definition) is 1. The Morgan fingerprint density at radius 2 is 2.06 bits per heavy atom. The summed E-state index contributed by atoms with van der Waals surface area (Å²) in [6, 6.07) is 9.32. The van der Waals surface area contributed by atoms with Crippen LogP contribution in [-0.2, 0) is 12.8 Å². The standard InChI is InChI=1S/C15H19N3/c1-11-10-18(15(16-2)17-11)14-8-7-12-5-3-4-6-13(12)9-14/h3-6,10,14H,7-9H2,1-2H3,(H,16,17). The highest BCUT2D eigenvalue weighted by molar-refractivity contribution is 5.33. The van der Waals surface area contributed by atoms with E-state index in [1.54, 1.807) is 0 Å². The second-order valence-corrected chi connectivity index (χ2v) is 5.03. The summed E-state index contributed by atoms with van der Waals surface area (Å²) in [5.74, 6) is 0.983. The minimum Gasteiger partial charge on any atom is -0.359 e. The van der Waals surface area contributed by atoms with Crippen molar-refractivity contribution in [2.45, 2.75) is 32.2 Å². The third-order valence-corrected chi connectivity index (χ3v) is 3.79. The smallest absolute Gasteiger partial charge is 0.203 e. The van der Waals surface area contributed by atoms with Crippen LogP contribution >= 0.6 is 0 Å². The molecule has 1 N–H and O–H groups in total. The molecule has 3 nitrogen and oxygen atoms in total. The second kappa shape index (κ2) is 4.48. The lowest BCUT2D eigenvalue weighted by atomic mass is 9.88. The van der Waals surface area contributed by atoms with Gasteiger partial charge in [-0.05, 0) is 37.3 Å². The Hall–Kier alpha value is -1.77. The number of anilines is 1. The number of fused-ring (bicyclic) bond motifs is 1. The monoisotopic (exact) mass is 241 g/mol. The van der Waals surface area contributed by atoms with Gasteiger partial charge >= 0.3 is 0 Å². The average Bonchev–Trinajstić information content (AvgIpc) is 2.79. The van der Waals surface area contributed by atoms with Crippen molar-refractivity contribution < 1.29 is 0 Å². The minimum atomic E-state index is 0.531. The predicted molar refractivity (Wildman–Crippen MR) is 74.0 cm³/mol. The van der Waals surface area contributed by atoms with Crippen LogP contribution in [0.1, 0.15) is 29.3 Å². The van der Waals surface area contributed by atoms with E-state index < -0.39 is 0 Å². The molecule has 18 heavy (non-hydrogen) atoms. The molecule has 0 radical (unpaired) electrons. The van der Waals surface area contributed by atoms with Crippen molar-refractivity contribution in [3.05, 3.63) is 47.3 Å². The van der Waals surface area contributed by atoms with Gasteiger partial charge in [0.1, 0.15) is 0 Å². The van der Waals surface area contributed by atoms with E-state index in [9.17, 15) is 0 Å². The molecule has 3 heteroatoms. The van der Waals surface area contributed by atoms with Crippen molar-refractivity contribution in [3.63, 3.8) is 0 Å². The summed E-state index contributed by atoms with van der Waals surface area (Å²) in [4.78, 5) is 4.51. The van der Waals surface area contributed by atoms with Crippen molar-refractivity contribution in [1.82, 2.24) is 9.55 Å². The first kappa shape index (κ1) is 11.3. The summed E-state index contributed by atoms with van der Waals surface area (Å²) in [5, 5.41) is 3.19. The van der Waals surface area contributed by atoms with E-state index in [4.69, 9.17) is 0 Å². The molecule has 1 unspecified atom stereocenters. The number of nitrogens with zero attached hydrogens (tertiary/aromatic N) is 2. The minimum absolute atomic E-state index is 0.531. The van der Waals surface area contributed by atoms with E-state index in [1.165, 1.54) is 24.0 Å². The molecule has 1 aliphatic carbocycles. The van der Waals surface area contributed by atoms with Crippen LogP contribution in [0, 0.1) is 6.92 Å². The van der Waals surface area contributed by atoms with Crippen molar-refractivity contribution in [3.8, 4) is 0 Å². The van der Waals surface area contributed by atoms with Gasteiger partial charge in [0, 0.05) is 19.3 Å². The maximum absolute atomic E-state index is 4.51. The van der Waals surface area contributed by atoms with Crippen LogP contribution in [0.3, 0.4) is 0 Å². The Bertz CT molecular complexity index is 557. The van der Waals surface area contributed by atoms with E-state index >= 15 is 0 Å². The molecule has 1 heterocycles. The Kier molecular flexibility index (Phi) is 2.82. The molecule has 0 aliphatic heterocycles. The molecule has 94 valence electrons. The van der Waals surface area contributed by atoms with Gasteiger partial charge in [0.2, 0.25) is 5.95 Å². The Balaban J connectivity index is 1.91. The van der Waals surface area contributed by atoms with E-state index in [2.05, 4.69) is 45.3 Å². The van der Waals surface area contributed by atoms with Gasteiger partial charge in [0.05, 0.1) is 5.69 Å². The molecule has 0 bridgehead atoms. The fourth-order valence-electron chi connectivity index (χ4n) is 2.90. The zero-order chi connectivity index (χ0) is 12.5. The van der Waals surface area contributed by atoms with Crippen molar-refractivity contribution in [1.29, 1.82) is 0 Å². The maximum Gasteiger partial charge on any atom is 0.203 e. The van der Waals surface area contributed by atoms with Crippen LogP contribution in [0.15, 0.2) is 30.5 Å². The zero-order valence-corrected chi connectivity index (χ0v) is 11.0. The number of aromatic nitrogens is 2. The number of hydrogen-bond acceptors (Lipinski definition) is 2. The van der Waals surface area contributed by atoms with Crippen molar-refractivity contribution in [2.75, 3.05) is 12.4 Å². The quantitative estimate of drug-likeness (QED) is 0.876. The molecule has 1 aromatic carbocycles. The number of rotatable bonds is 2. The van der Waals surface area contributed by atoms with Gasteiger partial charge in [0.15, 0.2) is 0 Å². The highest BCUT2D eigenvalue weighted by atomic mass is 15.2. The Labute approximate surface area is 108 Å². The largest absolute Gasteiger partial charge is 0.359 e. The van der Waals surface area contributed by atoms with Gasteiger partial charge in [-0.2, -0.15) is 0 Å². The third kappa shape index (κ3) is 1.90. The summed E-state index contributed by atoms with van der Waals surface area (Å²) in [5.41, 5.74) is 4.08. The number of aryl methyl sites for hydroxylation is 2. The van der Waals surface area contributed by atoms with E-state index in [0.29, 0.717) is 6.04 Å². The van der Waals surface area contributed by atoms with Crippen LogP contribution in [-0.4, -0.2) is 16.6 Å². The Morgan fingerprint density at radius 1 is 1.28 bits per heavy atom. The van der Waals surface area contributed by atoms with Crippen molar-refractivity contribution in [2.24, 2.45) is 0 Å². The van der Waals surface area contributed by atoms with Gasteiger partial charge in [-0.3, -0.25) is 0 Å². The summed E-state index contributed by atoms with van der Waals surface area (Å²) in [7, 11) is 1.94. The first-order chi connectivity index (χ1) is 8.78. The maximum atomic E-state index is 4.51. The number of benzene rings is 1. The fraction of sp³-hybridized carbons (Fsp3) is 0.400. The molecule has 0 saturated carbocycles. The molecule has 0 spiro atoms. The SMILES string of the molecule is CNc1nc(C)cn1C1CCc2ccccc2C1. The number of imidazole rings is 1. The zero-order valence-electron chi connectivity index (χ0n) is 11.0. The van der Waals surface area contributed by atoms with Crippen molar-refractivity contribution >= 4 is 5.95 Å². The lowest BCUT2D eigenvalue weighted by molar-refractivity contribution is 0.446. The van der Waals surface area contributed by atoms with Crippen LogP contribution < -0.4 is 5.32 Å². The summed E-state index contributed by atoms with van der Waals surface area (Å²) in [6.45, 7) is 2.05. The van der Waals surface area contributed by atoms with E-state index in [-0.39, 0.29) is 0 Å². The van der Waals surface area contributed by atoms with Crippen LogP contribution in [0.25, 0.3) is 0 Å². The van der Waals surface area contributed by atoms with Gasteiger partial charge < -0.3 is 9.88 Å². The molecular weight excluding hydrogens is 222 g/mol. The normalized spacial score (nSPS) is 18.4. The van der Waals surface area contributed by atoms with Gasteiger partial charge in [-0.15, -0.1) is 0 Å². The predicted octanol–water partition coefficient (Wildman–Crippen LogP) is 2.96. The van der Waals surface area contributed by atoms with Crippen LogP contribution in [0.5, 0.6) is 0 Å². The first-order valence-electron chi connectivity index (χ1n) is 6.58. The average molecular weight is 241 g/mol. The van der Waals surface area contributed by atoms with Gasteiger partial charge in [-0.25, -0.2) is 4.98 Å². The molecule has 1 atom stereocenters. The first-order valence-corrected chi connectivity index (χ1v) is 6.58. The van der Waals surface area contributed by atoms with Crippen LogP contribution in [0.4, 0.5) is 5.95 Å². The summed E-state index contributed by atoms with van der Waals surface area (Å²) >= 11 is 0. The third-order valence-electron chi connectivity index (χ3n) is 3.79. The molecule has 1 aliphatic rings. The molecular formula is C15H19N3. The summed E-state index contributed by atoms with van der Waals surface area (Å²) in [6.07, 6.45) is 5.63. The van der Waals surface area contributed by atoms with Crippen LogP contribution in [0.2, 0.25) is 0 Å². The summed E-state index contributed by atoms with van der Waals surface area (Å²) < 4.78 is 2.30. The molecule has 0 saturated heterocycles. The molecule has 0 amide bonds. The number of nitrogens with one attached hydrogen (secondary N) is 1. The lowest BCUT2D eigenvalue weighted by Crippen LogP contribution is -2.19. The molecule has 0 fully saturated rings. The van der Waals surface area contributed by atoms with E-state index in [0.717, 1.165) is 18.1 Å². The van der Waals surface area contributed by atoms with Gasteiger partial charge in [0.25, 0.3) is 0 Å². The topological polar surface area (TPSA) is 29.9 Å². The second-order valence-electron chi connectivity index (χ2n) is 5.03. The highest BCUT2D eigenvalue weighted by Crippen LogP contribution is 2.30. The lowest BCUT2D eigenvalue weighted by Gasteiger charge is -2.26. The molecule has 2 aromatic rings. The fourth-order valence-corrected chi connectivity index (χ4v) is 2.90. The van der Waals surface area contributed by atoms with Gasteiger partial charge in [-0.1, -0.05) is 24.3 Å². The van der Waals surface area contributed by atoms with E-state index in [1.807, 2.05) is 14.0 Å². The Morgan fingerprint density at radius 3 is 2.83 bits per heavy atom. The molecule has 1 aromatic heterocycles. The molecule has 3 rings (SSSR count).